The lowest BCUT2D eigenvalue weighted by atomic mass is 9.73. The summed E-state index contributed by atoms with van der Waals surface area (Å²) in [4.78, 5) is 1.16. The van der Waals surface area contributed by atoms with Gasteiger partial charge in [0.2, 0.25) is 0 Å². The highest BCUT2D eigenvalue weighted by Crippen LogP contribution is 2.34. The topological polar surface area (TPSA) is 0 Å². The lowest BCUT2D eigenvalue weighted by Crippen LogP contribution is -2.34. The average molecular weight is 327 g/mol. The fourth-order valence-electron chi connectivity index (χ4n) is 2.33. The molecule has 0 bridgehead atoms. The maximum absolute atomic E-state index is 5.75. The quantitative estimate of drug-likeness (QED) is 0.640. The predicted octanol–water partition coefficient (Wildman–Crippen LogP) is 5.70. The number of hydrogen-bond donors (Lipinski definition) is 0. The molecule has 0 aliphatic heterocycles. The minimum absolute atomic E-state index is 0.0518. The van der Waals surface area contributed by atoms with Gasteiger partial charge in [-0.3, -0.25) is 0 Å². The maximum Gasteiger partial charge on any atom is 0.0215 e. The van der Waals surface area contributed by atoms with Crippen molar-refractivity contribution < 1.29 is 0 Å². The van der Waals surface area contributed by atoms with Gasteiger partial charge in [0.25, 0.3) is 0 Å². The number of benzene rings is 1. The molecule has 0 aromatic heterocycles. The Balaban J connectivity index is 3.16. The van der Waals surface area contributed by atoms with Gasteiger partial charge in [0.1, 0.15) is 0 Å². The maximum atomic E-state index is 5.75. The zero-order chi connectivity index (χ0) is 14.1. The van der Waals surface area contributed by atoms with Crippen molar-refractivity contribution in [2.24, 2.45) is 11.8 Å². The number of rotatable bonds is 4. The van der Waals surface area contributed by atoms with Crippen LogP contribution in [0.25, 0.3) is 0 Å². The van der Waals surface area contributed by atoms with Gasteiger partial charge in [-0.05, 0) is 42.0 Å². The van der Waals surface area contributed by atoms with Crippen molar-refractivity contribution in [3.63, 3.8) is 0 Å². The van der Waals surface area contributed by atoms with Gasteiger partial charge in [-0.15, -0.1) is 0 Å². The summed E-state index contributed by atoms with van der Waals surface area (Å²) in [5.74, 6) is 1.05. The van der Waals surface area contributed by atoms with E-state index >= 15 is 0 Å². The lowest BCUT2D eigenvalue weighted by molar-refractivity contribution is 0.508. The van der Waals surface area contributed by atoms with Crippen molar-refractivity contribution in [2.75, 3.05) is 0 Å². The summed E-state index contributed by atoms with van der Waals surface area (Å²) in [6.45, 7) is 13.4. The van der Waals surface area contributed by atoms with Crippen LogP contribution in [0.3, 0.4) is 0 Å². The lowest BCUT2D eigenvalue weighted by Gasteiger charge is -2.33. The zero-order valence-electron chi connectivity index (χ0n) is 12.2. The summed E-state index contributed by atoms with van der Waals surface area (Å²) in [6, 6.07) is 6.46. The minimum atomic E-state index is -0.0518. The molecule has 0 saturated carbocycles. The summed E-state index contributed by atoms with van der Waals surface area (Å²) in [5.41, 5.74) is 2.58. The van der Waals surface area contributed by atoms with E-state index in [1.165, 1.54) is 11.1 Å². The number of thiocarbonyl (C=S) groups is 1. The van der Waals surface area contributed by atoms with Crippen LogP contribution in [0.15, 0.2) is 22.7 Å². The molecule has 0 N–H and O–H groups in total. The second-order valence-corrected chi connectivity index (χ2v) is 7.34. The third kappa shape index (κ3) is 3.21. The molecule has 0 spiro atoms. The fourth-order valence-corrected chi connectivity index (χ4v) is 3.19. The highest BCUT2D eigenvalue weighted by Gasteiger charge is 2.31. The van der Waals surface area contributed by atoms with Gasteiger partial charge in [0.15, 0.2) is 0 Å². The van der Waals surface area contributed by atoms with Crippen molar-refractivity contribution in [3.8, 4) is 0 Å². The SMILES string of the molecule is Cc1cc(Br)ccc1C(C)(C)C(=S)C(C)C(C)C. The monoisotopic (exact) mass is 326 g/mol. The molecule has 100 valence electrons. The summed E-state index contributed by atoms with van der Waals surface area (Å²) in [5, 5.41) is 0. The minimum Gasteiger partial charge on any atom is -0.0884 e. The second-order valence-electron chi connectivity index (χ2n) is 5.98. The summed E-state index contributed by atoms with van der Waals surface area (Å²) >= 11 is 9.27. The molecular formula is C16H23BrS. The van der Waals surface area contributed by atoms with E-state index in [1.54, 1.807) is 0 Å². The molecule has 0 radical (unpaired) electrons. The Bertz CT molecular complexity index is 446. The van der Waals surface area contributed by atoms with Crippen LogP contribution in [0.4, 0.5) is 0 Å². The molecule has 0 fully saturated rings. The normalized spacial score (nSPS) is 13.8. The Morgan fingerprint density at radius 2 is 1.78 bits per heavy atom. The second kappa shape index (κ2) is 5.83. The van der Waals surface area contributed by atoms with Crippen molar-refractivity contribution in [2.45, 2.75) is 47.0 Å². The van der Waals surface area contributed by atoms with Gasteiger partial charge in [0.05, 0.1) is 0 Å². The summed E-state index contributed by atoms with van der Waals surface area (Å²) in [7, 11) is 0. The van der Waals surface area contributed by atoms with Crippen LogP contribution in [-0.2, 0) is 5.41 Å². The van der Waals surface area contributed by atoms with E-state index in [4.69, 9.17) is 12.2 Å². The zero-order valence-corrected chi connectivity index (χ0v) is 14.6. The highest BCUT2D eigenvalue weighted by molar-refractivity contribution is 9.10. The summed E-state index contributed by atoms with van der Waals surface area (Å²) in [6.07, 6.45) is 0. The molecule has 0 aliphatic carbocycles. The first-order valence-electron chi connectivity index (χ1n) is 6.49. The largest absolute Gasteiger partial charge is 0.0884 e. The van der Waals surface area contributed by atoms with Gasteiger partial charge in [0, 0.05) is 14.8 Å². The van der Waals surface area contributed by atoms with E-state index in [-0.39, 0.29) is 5.41 Å². The van der Waals surface area contributed by atoms with Crippen LogP contribution in [0.5, 0.6) is 0 Å². The Morgan fingerprint density at radius 1 is 1.22 bits per heavy atom. The smallest absolute Gasteiger partial charge is 0.0215 e. The molecule has 18 heavy (non-hydrogen) atoms. The van der Waals surface area contributed by atoms with Gasteiger partial charge >= 0.3 is 0 Å². The van der Waals surface area contributed by atoms with E-state index in [0.717, 1.165) is 9.34 Å². The van der Waals surface area contributed by atoms with Gasteiger partial charge in [-0.2, -0.15) is 0 Å². The highest BCUT2D eigenvalue weighted by atomic mass is 79.9. The first kappa shape index (κ1) is 15.8. The Labute approximate surface area is 125 Å². The molecule has 1 aromatic carbocycles. The van der Waals surface area contributed by atoms with E-state index < -0.39 is 0 Å². The van der Waals surface area contributed by atoms with E-state index in [9.17, 15) is 0 Å². The molecule has 2 heteroatoms. The fraction of sp³-hybridized carbons (Fsp3) is 0.562. The van der Waals surface area contributed by atoms with Crippen LogP contribution in [0.1, 0.15) is 45.7 Å². The van der Waals surface area contributed by atoms with Crippen molar-refractivity contribution in [1.29, 1.82) is 0 Å². The van der Waals surface area contributed by atoms with Crippen molar-refractivity contribution in [1.82, 2.24) is 0 Å². The van der Waals surface area contributed by atoms with Gasteiger partial charge < -0.3 is 0 Å². The van der Waals surface area contributed by atoms with Gasteiger partial charge in [-0.1, -0.05) is 68.8 Å². The van der Waals surface area contributed by atoms with Crippen LogP contribution in [0, 0.1) is 18.8 Å². The number of halogens is 1. The average Bonchev–Trinajstić information content (AvgIpc) is 2.26. The Hall–Kier alpha value is -0.210. The van der Waals surface area contributed by atoms with Crippen molar-refractivity contribution in [3.05, 3.63) is 33.8 Å². The molecule has 1 rings (SSSR count). The third-order valence-electron chi connectivity index (χ3n) is 3.89. The van der Waals surface area contributed by atoms with Gasteiger partial charge in [-0.25, -0.2) is 0 Å². The molecule has 0 nitrogen and oxygen atoms in total. The molecule has 1 atom stereocenters. The first-order chi connectivity index (χ1) is 8.17. The standard InChI is InChI=1S/C16H23BrS/c1-10(2)12(4)15(18)16(5,6)14-8-7-13(17)9-11(14)3/h7-10,12H,1-6H3. The molecule has 1 aromatic rings. The van der Waals surface area contributed by atoms with Crippen LogP contribution in [0.2, 0.25) is 0 Å². The molecule has 0 aliphatic rings. The van der Waals surface area contributed by atoms with Crippen LogP contribution in [-0.4, -0.2) is 4.86 Å². The van der Waals surface area contributed by atoms with Crippen LogP contribution < -0.4 is 0 Å². The van der Waals surface area contributed by atoms with E-state index in [0.29, 0.717) is 11.8 Å². The molecular weight excluding hydrogens is 304 g/mol. The summed E-state index contributed by atoms with van der Waals surface area (Å²) < 4.78 is 1.13. The Morgan fingerprint density at radius 3 is 2.22 bits per heavy atom. The van der Waals surface area contributed by atoms with E-state index in [2.05, 4.69) is 75.7 Å². The number of hydrogen-bond acceptors (Lipinski definition) is 1. The predicted molar refractivity (Wildman–Crippen MR) is 88.5 cm³/mol. The van der Waals surface area contributed by atoms with Crippen molar-refractivity contribution >= 4 is 33.0 Å². The Kier molecular flexibility index (Phi) is 5.13. The first-order valence-corrected chi connectivity index (χ1v) is 7.69. The van der Waals surface area contributed by atoms with E-state index in [1.807, 2.05) is 0 Å². The number of aryl methyl sites for hydroxylation is 1. The molecule has 0 amide bonds. The molecule has 0 saturated heterocycles. The molecule has 1 unspecified atom stereocenters. The van der Waals surface area contributed by atoms with Crippen LogP contribution >= 0.6 is 28.1 Å². The molecule has 0 heterocycles. The third-order valence-corrected chi connectivity index (χ3v) is 5.27.